The lowest BCUT2D eigenvalue weighted by Crippen LogP contribution is -2.06. The molecule has 5 nitrogen and oxygen atoms in total. The number of hydrogen-bond acceptors (Lipinski definition) is 7. The van der Waals surface area contributed by atoms with Gasteiger partial charge >= 0.3 is 0 Å². The van der Waals surface area contributed by atoms with Gasteiger partial charge in [-0.15, -0.1) is 11.3 Å². The van der Waals surface area contributed by atoms with E-state index in [4.69, 9.17) is 4.74 Å². The van der Waals surface area contributed by atoms with Crippen molar-refractivity contribution in [2.75, 3.05) is 19.0 Å². The lowest BCUT2D eigenvalue weighted by atomic mass is 10.4. The molecule has 2 rings (SSSR count). The van der Waals surface area contributed by atoms with Gasteiger partial charge in [0.15, 0.2) is 0 Å². The molecular formula is C11H16N4OS2. The molecule has 0 aliphatic carbocycles. The Morgan fingerprint density at radius 2 is 2.33 bits per heavy atom. The molecule has 0 amide bonds. The van der Waals surface area contributed by atoms with Crippen LogP contribution < -0.4 is 5.32 Å². The number of methoxy groups -OCH3 is 1. The molecule has 0 aromatic carbocycles. The van der Waals surface area contributed by atoms with Crippen molar-refractivity contribution in [2.24, 2.45) is 0 Å². The van der Waals surface area contributed by atoms with Crippen LogP contribution in [0.5, 0.6) is 0 Å². The first-order valence-corrected chi connectivity index (χ1v) is 7.28. The fraction of sp³-hybridized carbons (Fsp3) is 0.545. The van der Waals surface area contributed by atoms with Crippen molar-refractivity contribution in [1.82, 2.24) is 14.3 Å². The summed E-state index contributed by atoms with van der Waals surface area (Å²) in [6.45, 7) is 4.79. The molecule has 7 heteroatoms. The van der Waals surface area contributed by atoms with Crippen molar-refractivity contribution in [3.63, 3.8) is 0 Å². The highest BCUT2D eigenvalue weighted by atomic mass is 32.1. The minimum absolute atomic E-state index is 0.159. The molecule has 0 aliphatic heterocycles. The van der Waals surface area contributed by atoms with Crippen LogP contribution in [-0.4, -0.2) is 28.1 Å². The largest absolute Gasteiger partial charge is 0.384 e. The first-order chi connectivity index (χ1) is 8.69. The molecule has 0 saturated carbocycles. The highest BCUT2D eigenvalue weighted by Gasteiger charge is 2.12. The zero-order valence-corrected chi connectivity index (χ0v) is 12.3. The number of nitrogens with one attached hydrogen (secondary N) is 1. The van der Waals surface area contributed by atoms with Crippen LogP contribution in [0.1, 0.15) is 28.7 Å². The van der Waals surface area contributed by atoms with Crippen molar-refractivity contribution in [3.05, 3.63) is 21.9 Å². The quantitative estimate of drug-likeness (QED) is 0.883. The van der Waals surface area contributed by atoms with E-state index in [-0.39, 0.29) is 6.04 Å². The van der Waals surface area contributed by atoms with Crippen molar-refractivity contribution in [1.29, 1.82) is 0 Å². The molecule has 0 spiro atoms. The van der Waals surface area contributed by atoms with E-state index in [0.717, 1.165) is 22.4 Å². The number of aromatic nitrogens is 3. The summed E-state index contributed by atoms with van der Waals surface area (Å²) in [7, 11) is 1.68. The van der Waals surface area contributed by atoms with E-state index in [2.05, 4.69) is 33.5 Å². The molecule has 0 bridgehead atoms. The lowest BCUT2D eigenvalue weighted by Gasteiger charge is -2.08. The third-order valence-corrected chi connectivity index (χ3v) is 4.13. The Kier molecular flexibility index (Phi) is 4.62. The fourth-order valence-electron chi connectivity index (χ4n) is 1.43. The van der Waals surface area contributed by atoms with Gasteiger partial charge < -0.3 is 10.1 Å². The lowest BCUT2D eigenvalue weighted by molar-refractivity contribution is 0.201. The van der Waals surface area contributed by atoms with Crippen LogP contribution in [0, 0.1) is 6.92 Å². The number of aryl methyl sites for hydroxylation is 1. The van der Waals surface area contributed by atoms with Gasteiger partial charge in [-0.1, -0.05) is 0 Å². The number of ether oxygens (including phenoxy) is 1. The molecule has 1 N–H and O–H groups in total. The monoisotopic (exact) mass is 284 g/mol. The van der Waals surface area contributed by atoms with Gasteiger partial charge in [0.25, 0.3) is 0 Å². The summed E-state index contributed by atoms with van der Waals surface area (Å²) in [6.07, 6.45) is 2.64. The zero-order chi connectivity index (χ0) is 13.0. The Morgan fingerprint density at radius 1 is 1.50 bits per heavy atom. The van der Waals surface area contributed by atoms with Crippen LogP contribution in [0.2, 0.25) is 0 Å². The van der Waals surface area contributed by atoms with Crippen LogP contribution in [0.15, 0.2) is 6.20 Å². The summed E-state index contributed by atoms with van der Waals surface area (Å²) in [6, 6.07) is 0.159. The number of thiazole rings is 1. The van der Waals surface area contributed by atoms with Crippen molar-refractivity contribution in [2.45, 2.75) is 26.3 Å². The van der Waals surface area contributed by atoms with Gasteiger partial charge in [0, 0.05) is 36.1 Å². The van der Waals surface area contributed by atoms with E-state index >= 15 is 0 Å². The average Bonchev–Trinajstić information content (AvgIpc) is 2.96. The van der Waals surface area contributed by atoms with Crippen molar-refractivity contribution in [3.8, 4) is 0 Å². The van der Waals surface area contributed by atoms with Gasteiger partial charge in [-0.05, 0) is 13.8 Å². The fourth-order valence-corrected chi connectivity index (χ4v) is 2.90. The number of nitrogens with zero attached hydrogens (tertiary/aromatic N) is 3. The molecule has 2 aromatic rings. The van der Waals surface area contributed by atoms with Gasteiger partial charge in [-0.25, -0.2) is 9.97 Å². The van der Waals surface area contributed by atoms with Gasteiger partial charge in [0.2, 0.25) is 5.13 Å². The summed E-state index contributed by atoms with van der Waals surface area (Å²) < 4.78 is 9.28. The second kappa shape index (κ2) is 6.21. The minimum atomic E-state index is 0.159. The van der Waals surface area contributed by atoms with E-state index < -0.39 is 0 Å². The van der Waals surface area contributed by atoms with Gasteiger partial charge in [0.1, 0.15) is 10.8 Å². The van der Waals surface area contributed by atoms with E-state index in [0.29, 0.717) is 6.61 Å². The van der Waals surface area contributed by atoms with Crippen LogP contribution in [0.4, 0.5) is 5.13 Å². The summed E-state index contributed by atoms with van der Waals surface area (Å²) >= 11 is 3.08. The van der Waals surface area contributed by atoms with Crippen LogP contribution in [0.25, 0.3) is 0 Å². The Morgan fingerprint density at radius 3 is 3.00 bits per heavy atom. The molecule has 0 saturated heterocycles. The van der Waals surface area contributed by atoms with E-state index in [1.165, 1.54) is 16.4 Å². The van der Waals surface area contributed by atoms with Gasteiger partial charge in [0.05, 0.1) is 12.6 Å². The summed E-state index contributed by atoms with van der Waals surface area (Å²) in [5, 5.41) is 5.23. The zero-order valence-electron chi connectivity index (χ0n) is 10.6. The SMILES string of the molecule is COCCc1nsc(NC(C)c2ncc(C)s2)n1. The Labute approximate surface area is 114 Å². The van der Waals surface area contributed by atoms with Gasteiger partial charge in [-0.3, -0.25) is 0 Å². The van der Waals surface area contributed by atoms with E-state index in [1.54, 1.807) is 18.4 Å². The average molecular weight is 284 g/mol. The molecule has 0 fully saturated rings. The minimum Gasteiger partial charge on any atom is -0.384 e. The van der Waals surface area contributed by atoms with Crippen LogP contribution >= 0.6 is 22.9 Å². The molecule has 1 atom stereocenters. The normalized spacial score (nSPS) is 12.6. The van der Waals surface area contributed by atoms with Crippen LogP contribution in [0.3, 0.4) is 0 Å². The maximum atomic E-state index is 5.00. The molecule has 98 valence electrons. The standard InChI is InChI=1S/C11H16N4OS2/c1-7-6-12-10(17-7)8(2)13-11-14-9(15-18-11)4-5-16-3/h6,8H,4-5H2,1-3H3,(H,13,14,15). The molecule has 0 aliphatic rings. The molecule has 18 heavy (non-hydrogen) atoms. The Balaban J connectivity index is 1.94. The second-order valence-corrected chi connectivity index (χ2v) is 5.95. The van der Waals surface area contributed by atoms with Crippen LogP contribution in [-0.2, 0) is 11.2 Å². The van der Waals surface area contributed by atoms with E-state index in [1.807, 2.05) is 6.20 Å². The molecule has 1 unspecified atom stereocenters. The second-order valence-electron chi connectivity index (χ2n) is 3.93. The summed E-state index contributed by atoms with van der Waals surface area (Å²) in [5.41, 5.74) is 0. The number of anilines is 1. The Hall–Kier alpha value is -1.05. The van der Waals surface area contributed by atoms with E-state index in [9.17, 15) is 0 Å². The molecular weight excluding hydrogens is 268 g/mol. The molecule has 2 heterocycles. The maximum Gasteiger partial charge on any atom is 0.203 e. The smallest absolute Gasteiger partial charge is 0.203 e. The number of rotatable bonds is 6. The Bertz CT molecular complexity index is 497. The third kappa shape index (κ3) is 3.47. The topological polar surface area (TPSA) is 59.9 Å². The number of hydrogen-bond donors (Lipinski definition) is 1. The van der Waals surface area contributed by atoms with Crippen molar-refractivity contribution < 1.29 is 4.74 Å². The summed E-state index contributed by atoms with van der Waals surface area (Å²) in [5.74, 6) is 0.826. The maximum absolute atomic E-state index is 5.00. The highest BCUT2D eigenvalue weighted by Crippen LogP contribution is 2.24. The van der Waals surface area contributed by atoms with Gasteiger partial charge in [-0.2, -0.15) is 4.37 Å². The first-order valence-electron chi connectivity index (χ1n) is 5.69. The predicted octanol–water partition coefficient (Wildman–Crippen LogP) is 2.67. The third-order valence-electron chi connectivity index (χ3n) is 2.35. The first kappa shape index (κ1) is 13.4. The van der Waals surface area contributed by atoms with Crippen molar-refractivity contribution >= 4 is 28.0 Å². The summed E-state index contributed by atoms with van der Waals surface area (Å²) in [4.78, 5) is 9.99. The predicted molar refractivity (Wildman–Crippen MR) is 74.4 cm³/mol. The highest BCUT2D eigenvalue weighted by molar-refractivity contribution is 7.11. The molecule has 0 radical (unpaired) electrons. The molecule has 2 aromatic heterocycles.